The highest BCUT2D eigenvalue weighted by atomic mass is 35.5. The molecule has 0 heterocycles. The molecule has 1 saturated carbocycles. The molecule has 2 unspecified atom stereocenters. The maximum absolute atomic E-state index is 10.7. The second-order valence-electron chi connectivity index (χ2n) is 4.60. The van der Waals surface area contributed by atoms with E-state index in [9.17, 15) is 10.1 Å². The van der Waals surface area contributed by atoms with E-state index < -0.39 is 4.92 Å². The molecule has 6 heteroatoms. The first kappa shape index (κ1) is 13.1. The number of hydrogen-bond acceptors (Lipinski definition) is 4. The minimum absolute atomic E-state index is 0.0657. The highest BCUT2D eigenvalue weighted by molar-refractivity contribution is 6.32. The van der Waals surface area contributed by atoms with Crippen molar-refractivity contribution in [1.82, 2.24) is 0 Å². The molecule has 1 aliphatic carbocycles. The third kappa shape index (κ3) is 2.73. The Morgan fingerprint density at radius 3 is 2.89 bits per heavy atom. The van der Waals surface area contributed by atoms with Crippen LogP contribution in [0.4, 0.5) is 11.4 Å². The SMILES string of the molecule is NCC1CCCC1Nc1ccc([N+](=O)[O-])c(Cl)c1. The normalized spacial score (nSPS) is 23.0. The lowest BCUT2D eigenvalue weighted by Gasteiger charge is -2.20. The van der Waals surface area contributed by atoms with Gasteiger partial charge in [0.15, 0.2) is 0 Å². The molecule has 0 spiro atoms. The van der Waals surface area contributed by atoms with Gasteiger partial charge in [-0.3, -0.25) is 10.1 Å². The summed E-state index contributed by atoms with van der Waals surface area (Å²) in [5.41, 5.74) is 6.47. The summed E-state index contributed by atoms with van der Waals surface area (Å²) >= 11 is 5.87. The molecule has 0 bridgehead atoms. The molecule has 2 rings (SSSR count). The van der Waals surface area contributed by atoms with Crippen molar-refractivity contribution in [3.8, 4) is 0 Å². The predicted molar refractivity (Wildman–Crippen MR) is 71.9 cm³/mol. The highest BCUT2D eigenvalue weighted by Crippen LogP contribution is 2.31. The maximum Gasteiger partial charge on any atom is 0.288 e. The summed E-state index contributed by atoms with van der Waals surface area (Å²) < 4.78 is 0. The van der Waals surface area contributed by atoms with Gasteiger partial charge < -0.3 is 11.1 Å². The lowest BCUT2D eigenvalue weighted by atomic mass is 10.0. The van der Waals surface area contributed by atoms with Crippen LogP contribution in [-0.2, 0) is 0 Å². The van der Waals surface area contributed by atoms with E-state index in [4.69, 9.17) is 17.3 Å². The Morgan fingerprint density at radius 1 is 1.50 bits per heavy atom. The number of hydrogen-bond donors (Lipinski definition) is 2. The quantitative estimate of drug-likeness (QED) is 0.650. The number of nitrogens with two attached hydrogens (primary N) is 1. The van der Waals surface area contributed by atoms with Crippen LogP contribution in [0.3, 0.4) is 0 Å². The highest BCUT2D eigenvalue weighted by Gasteiger charge is 2.26. The molecule has 0 aromatic heterocycles. The van der Waals surface area contributed by atoms with Crippen LogP contribution in [0.2, 0.25) is 5.02 Å². The van der Waals surface area contributed by atoms with Crippen LogP contribution in [0.15, 0.2) is 18.2 Å². The van der Waals surface area contributed by atoms with Crippen LogP contribution in [0.5, 0.6) is 0 Å². The molecule has 1 aliphatic rings. The van der Waals surface area contributed by atoms with Crippen molar-refractivity contribution in [3.05, 3.63) is 33.3 Å². The molecule has 1 fully saturated rings. The molecule has 1 aromatic rings. The van der Waals surface area contributed by atoms with Crippen LogP contribution >= 0.6 is 11.6 Å². The van der Waals surface area contributed by atoms with Gasteiger partial charge >= 0.3 is 0 Å². The second kappa shape index (κ2) is 5.54. The van der Waals surface area contributed by atoms with Crippen molar-refractivity contribution >= 4 is 23.0 Å². The van der Waals surface area contributed by atoms with Gasteiger partial charge in [0.25, 0.3) is 5.69 Å². The lowest BCUT2D eigenvalue weighted by molar-refractivity contribution is -0.384. The van der Waals surface area contributed by atoms with Gasteiger partial charge in [-0.15, -0.1) is 0 Å². The number of nitro benzene ring substituents is 1. The Morgan fingerprint density at radius 2 is 2.28 bits per heavy atom. The zero-order valence-electron chi connectivity index (χ0n) is 9.93. The van der Waals surface area contributed by atoms with Crippen LogP contribution < -0.4 is 11.1 Å². The smallest absolute Gasteiger partial charge is 0.288 e. The first-order valence-electron chi connectivity index (χ1n) is 6.02. The molecule has 5 nitrogen and oxygen atoms in total. The van der Waals surface area contributed by atoms with Crippen LogP contribution in [0, 0.1) is 16.0 Å². The Kier molecular flexibility index (Phi) is 4.04. The fraction of sp³-hybridized carbons (Fsp3) is 0.500. The van der Waals surface area contributed by atoms with Crippen LogP contribution in [-0.4, -0.2) is 17.5 Å². The zero-order chi connectivity index (χ0) is 13.1. The second-order valence-corrected chi connectivity index (χ2v) is 5.01. The standard InChI is InChI=1S/C12H16ClN3O2/c13-10-6-9(4-5-12(10)16(17)18)15-11-3-1-2-8(11)7-14/h4-6,8,11,15H,1-3,7,14H2. The van der Waals surface area contributed by atoms with Crippen molar-refractivity contribution in [2.45, 2.75) is 25.3 Å². The average molecular weight is 270 g/mol. The number of anilines is 1. The molecular formula is C12H16ClN3O2. The summed E-state index contributed by atoms with van der Waals surface area (Å²) in [6.45, 7) is 0.665. The van der Waals surface area contributed by atoms with E-state index >= 15 is 0 Å². The van der Waals surface area contributed by atoms with E-state index in [1.54, 1.807) is 12.1 Å². The molecule has 0 radical (unpaired) electrons. The van der Waals surface area contributed by atoms with Gasteiger partial charge in [0.05, 0.1) is 4.92 Å². The number of benzene rings is 1. The molecule has 18 heavy (non-hydrogen) atoms. The number of nitro groups is 1. The van der Waals surface area contributed by atoms with Gasteiger partial charge in [-0.1, -0.05) is 18.0 Å². The zero-order valence-corrected chi connectivity index (χ0v) is 10.7. The Balaban J connectivity index is 2.10. The third-order valence-corrected chi connectivity index (χ3v) is 3.76. The van der Waals surface area contributed by atoms with E-state index in [1.807, 2.05) is 0 Å². The molecule has 2 atom stereocenters. The largest absolute Gasteiger partial charge is 0.382 e. The minimum atomic E-state index is -0.482. The molecule has 0 saturated heterocycles. The third-order valence-electron chi connectivity index (χ3n) is 3.46. The van der Waals surface area contributed by atoms with Crippen LogP contribution in [0.1, 0.15) is 19.3 Å². The van der Waals surface area contributed by atoms with Crippen molar-refractivity contribution < 1.29 is 4.92 Å². The van der Waals surface area contributed by atoms with Crippen molar-refractivity contribution in [2.75, 3.05) is 11.9 Å². The summed E-state index contributed by atoms with van der Waals surface area (Å²) in [5, 5.41) is 14.2. The topological polar surface area (TPSA) is 81.2 Å². The number of nitrogens with zero attached hydrogens (tertiary/aromatic N) is 1. The summed E-state index contributed by atoms with van der Waals surface area (Å²) in [6.07, 6.45) is 3.38. The van der Waals surface area contributed by atoms with E-state index in [0.717, 1.165) is 18.5 Å². The Labute approximate surface area is 110 Å². The van der Waals surface area contributed by atoms with Gasteiger partial charge in [0.1, 0.15) is 5.02 Å². The Bertz CT molecular complexity index is 453. The van der Waals surface area contributed by atoms with Crippen LogP contribution in [0.25, 0.3) is 0 Å². The van der Waals surface area contributed by atoms with Crippen molar-refractivity contribution in [2.24, 2.45) is 11.7 Å². The number of rotatable bonds is 4. The fourth-order valence-corrected chi connectivity index (χ4v) is 2.72. The van der Waals surface area contributed by atoms with Gasteiger partial charge in [-0.05, 0) is 37.4 Å². The molecule has 1 aromatic carbocycles. The monoisotopic (exact) mass is 269 g/mol. The fourth-order valence-electron chi connectivity index (χ4n) is 2.47. The van der Waals surface area contributed by atoms with Gasteiger partial charge in [-0.2, -0.15) is 0 Å². The average Bonchev–Trinajstić information content (AvgIpc) is 2.76. The molecule has 0 aliphatic heterocycles. The molecular weight excluding hydrogens is 254 g/mol. The minimum Gasteiger partial charge on any atom is -0.382 e. The lowest BCUT2D eigenvalue weighted by Crippen LogP contribution is -2.29. The summed E-state index contributed by atoms with van der Waals surface area (Å²) in [6, 6.07) is 5.06. The Hall–Kier alpha value is -1.33. The molecule has 3 N–H and O–H groups in total. The first-order chi connectivity index (χ1) is 8.61. The van der Waals surface area contributed by atoms with Crippen molar-refractivity contribution in [3.63, 3.8) is 0 Å². The molecule has 98 valence electrons. The van der Waals surface area contributed by atoms with Gasteiger partial charge in [0.2, 0.25) is 0 Å². The maximum atomic E-state index is 10.7. The van der Waals surface area contributed by atoms with Crippen molar-refractivity contribution in [1.29, 1.82) is 0 Å². The van der Waals surface area contributed by atoms with E-state index in [1.165, 1.54) is 12.5 Å². The van der Waals surface area contributed by atoms with E-state index in [2.05, 4.69) is 5.32 Å². The number of nitrogens with one attached hydrogen (secondary N) is 1. The molecule has 0 amide bonds. The summed E-state index contributed by atoms with van der Waals surface area (Å²) in [5.74, 6) is 0.471. The predicted octanol–water partition coefficient (Wildman–Crippen LogP) is 2.79. The van der Waals surface area contributed by atoms with Gasteiger partial charge in [-0.25, -0.2) is 0 Å². The van der Waals surface area contributed by atoms with Gasteiger partial charge in [0, 0.05) is 17.8 Å². The first-order valence-corrected chi connectivity index (χ1v) is 6.40. The summed E-state index contributed by atoms with van der Waals surface area (Å²) in [4.78, 5) is 10.2. The van der Waals surface area contributed by atoms with E-state index in [0.29, 0.717) is 18.5 Å². The van der Waals surface area contributed by atoms with E-state index in [-0.39, 0.29) is 10.7 Å². The number of halogens is 1. The summed E-state index contributed by atoms with van der Waals surface area (Å²) in [7, 11) is 0.